The molecule has 17 heavy (non-hydrogen) atoms. The van der Waals surface area contributed by atoms with Crippen molar-refractivity contribution in [2.24, 2.45) is 0 Å². The van der Waals surface area contributed by atoms with Crippen molar-refractivity contribution in [2.75, 3.05) is 12.4 Å². The van der Waals surface area contributed by atoms with Gasteiger partial charge in [-0.25, -0.2) is 0 Å². The fourth-order valence-electron chi connectivity index (χ4n) is 1.64. The Morgan fingerprint density at radius 3 is 2.82 bits per heavy atom. The number of hydrogen-bond acceptors (Lipinski definition) is 4. The molecule has 1 fully saturated rings. The van der Waals surface area contributed by atoms with Gasteiger partial charge in [-0.15, -0.1) is 0 Å². The van der Waals surface area contributed by atoms with Crippen LogP contribution in [0.15, 0.2) is 0 Å². The Labute approximate surface area is 116 Å². The van der Waals surface area contributed by atoms with E-state index in [-0.39, 0.29) is 6.10 Å². The van der Waals surface area contributed by atoms with Crippen molar-refractivity contribution < 1.29 is 14.6 Å². The Kier molecular flexibility index (Phi) is 6.70. The van der Waals surface area contributed by atoms with Gasteiger partial charge in [0.1, 0.15) is 0 Å². The number of thioether (sulfide) groups is 1. The summed E-state index contributed by atoms with van der Waals surface area (Å²) in [6.07, 6.45) is 2.52. The van der Waals surface area contributed by atoms with Gasteiger partial charge in [0.2, 0.25) is 0 Å². The van der Waals surface area contributed by atoms with Gasteiger partial charge in [-0.1, -0.05) is 0 Å². The average molecular weight is 325 g/mol. The summed E-state index contributed by atoms with van der Waals surface area (Å²) in [5.41, 5.74) is 0. The van der Waals surface area contributed by atoms with Crippen LogP contribution >= 0.6 is 11.8 Å². The molecule has 0 aromatic rings. The third kappa shape index (κ3) is 5.86. The molecular weight excluding hydrogens is 303 g/mol. The number of aliphatic hydroxyl groups is 1. The topological polar surface area (TPSA) is 38.7 Å². The molecule has 0 amide bonds. The molecule has 1 saturated heterocycles. The maximum absolute atomic E-state index is 10.0. The fraction of sp³-hybridized carbons (Fsp3) is 0.917. The second-order valence-electron chi connectivity index (χ2n) is 4.72. The van der Waals surface area contributed by atoms with E-state index in [9.17, 15) is 5.11 Å². The van der Waals surface area contributed by atoms with Gasteiger partial charge in [-0.3, -0.25) is 0 Å². The van der Waals surface area contributed by atoms with Crippen molar-refractivity contribution in [1.29, 1.82) is 0 Å². The molecule has 1 aliphatic heterocycles. The van der Waals surface area contributed by atoms with Crippen LogP contribution in [0.1, 0.15) is 40.0 Å². The van der Waals surface area contributed by atoms with Crippen molar-refractivity contribution in [1.82, 2.24) is 0 Å². The number of unbranched alkanes of at least 4 members (excludes halogenated alkanes) is 1. The van der Waals surface area contributed by atoms with Crippen molar-refractivity contribution >= 4 is 31.1 Å². The van der Waals surface area contributed by atoms with Crippen LogP contribution in [0.2, 0.25) is 0 Å². The van der Waals surface area contributed by atoms with Crippen molar-refractivity contribution in [3.05, 3.63) is 0 Å². The van der Waals surface area contributed by atoms with Crippen molar-refractivity contribution in [3.63, 3.8) is 0 Å². The van der Waals surface area contributed by atoms with E-state index in [0.717, 1.165) is 9.50 Å². The molecule has 0 spiro atoms. The molecule has 0 radical (unpaired) electrons. The summed E-state index contributed by atoms with van der Waals surface area (Å²) in [6, 6.07) is 0. The van der Waals surface area contributed by atoms with Gasteiger partial charge in [0.05, 0.1) is 0 Å². The predicted molar refractivity (Wildman–Crippen MR) is 73.7 cm³/mol. The molecule has 0 bridgehead atoms. The first-order chi connectivity index (χ1) is 7.94. The molecule has 2 atom stereocenters. The summed E-state index contributed by atoms with van der Waals surface area (Å²) in [4.78, 5) is 0. The zero-order valence-corrected chi connectivity index (χ0v) is 13.3. The van der Waals surface area contributed by atoms with Crippen LogP contribution in [0.25, 0.3) is 0 Å². The van der Waals surface area contributed by atoms with E-state index >= 15 is 0 Å². The molecule has 5 heteroatoms. The first kappa shape index (κ1) is 15.7. The van der Waals surface area contributed by atoms with Crippen LogP contribution in [-0.4, -0.2) is 54.8 Å². The van der Waals surface area contributed by atoms with Gasteiger partial charge in [0.25, 0.3) is 0 Å². The molecular formula is C12H22O3SSe. The van der Waals surface area contributed by atoms with Gasteiger partial charge in [0, 0.05) is 0 Å². The minimum atomic E-state index is -0.503. The first-order valence-electron chi connectivity index (χ1n) is 6.11. The Hall–Kier alpha value is 0.619. The number of rotatable bonds is 7. The molecule has 100 valence electrons. The first-order valence-corrected chi connectivity index (χ1v) is 7.95. The third-order valence-corrected chi connectivity index (χ3v) is 4.93. The fourth-order valence-corrected chi connectivity index (χ4v) is 3.29. The quantitative estimate of drug-likeness (QED) is 0.571. The summed E-state index contributed by atoms with van der Waals surface area (Å²) in [6.45, 7) is 6.54. The summed E-state index contributed by atoms with van der Waals surface area (Å²) in [7, 11) is 0. The average Bonchev–Trinajstić information content (AvgIpc) is 2.58. The Morgan fingerprint density at radius 1 is 1.59 bits per heavy atom. The van der Waals surface area contributed by atoms with Crippen molar-refractivity contribution in [2.45, 2.75) is 58.0 Å². The van der Waals surface area contributed by atoms with E-state index in [0.29, 0.717) is 13.0 Å². The SMILES string of the molecule is CCCCSC(=[Se])[C@@H](O)C[C@@H]1COC(C)(C)O1. The van der Waals surface area contributed by atoms with Crippen LogP contribution in [-0.2, 0) is 9.47 Å². The monoisotopic (exact) mass is 326 g/mol. The van der Waals surface area contributed by atoms with E-state index in [2.05, 4.69) is 22.5 Å². The van der Waals surface area contributed by atoms with E-state index < -0.39 is 11.9 Å². The Balaban J connectivity index is 2.24. The molecule has 0 aromatic heterocycles. The van der Waals surface area contributed by atoms with Gasteiger partial charge in [0.15, 0.2) is 0 Å². The molecule has 3 nitrogen and oxygen atoms in total. The Morgan fingerprint density at radius 2 is 2.29 bits per heavy atom. The maximum atomic E-state index is 10.0. The summed E-state index contributed by atoms with van der Waals surface area (Å²) >= 11 is 4.67. The van der Waals surface area contributed by atoms with E-state index in [1.54, 1.807) is 11.8 Å². The van der Waals surface area contributed by atoms with Crippen LogP contribution in [0.4, 0.5) is 0 Å². The Bertz CT molecular complexity index is 258. The van der Waals surface area contributed by atoms with Gasteiger partial charge >= 0.3 is 116 Å². The van der Waals surface area contributed by atoms with Crippen molar-refractivity contribution in [3.8, 4) is 0 Å². The molecule has 1 N–H and O–H groups in total. The number of ether oxygens (including phenoxy) is 2. The minimum absolute atomic E-state index is 0.00451. The normalized spacial score (nSPS) is 24.8. The second kappa shape index (κ2) is 7.27. The van der Waals surface area contributed by atoms with Gasteiger partial charge in [-0.05, 0) is 0 Å². The summed E-state index contributed by atoms with van der Waals surface area (Å²) in [5, 5.41) is 10.0. The number of aliphatic hydroxyl groups excluding tert-OH is 1. The molecule has 1 aliphatic rings. The molecule has 1 rings (SSSR count). The van der Waals surface area contributed by atoms with E-state index in [4.69, 9.17) is 9.47 Å². The summed E-state index contributed by atoms with van der Waals surface area (Å²) < 4.78 is 12.1. The van der Waals surface area contributed by atoms with Crippen LogP contribution in [0.3, 0.4) is 0 Å². The predicted octanol–water partition coefficient (Wildman–Crippen LogP) is 1.72. The molecule has 0 saturated carbocycles. The van der Waals surface area contributed by atoms with Crippen LogP contribution in [0, 0.1) is 0 Å². The molecule has 0 unspecified atom stereocenters. The third-order valence-electron chi connectivity index (χ3n) is 2.57. The zero-order chi connectivity index (χ0) is 12.9. The molecule has 1 heterocycles. The zero-order valence-electron chi connectivity index (χ0n) is 10.8. The van der Waals surface area contributed by atoms with E-state index in [1.165, 1.54) is 12.8 Å². The van der Waals surface area contributed by atoms with E-state index in [1.807, 2.05) is 13.8 Å². The summed E-state index contributed by atoms with van der Waals surface area (Å²) in [5.74, 6) is 0.556. The standard InChI is InChI=1S/C12H22O3SSe/c1-4-5-6-16-11(17)10(13)7-9-8-14-12(2,3)15-9/h9-10,13H,4-8H2,1-3H3/t9-,10+/m1/s1. The van der Waals surface area contributed by atoms with Crippen LogP contribution in [0.5, 0.6) is 0 Å². The molecule has 0 aliphatic carbocycles. The second-order valence-corrected chi connectivity index (χ2v) is 7.37. The van der Waals surface area contributed by atoms with Crippen LogP contribution < -0.4 is 0 Å². The van der Waals surface area contributed by atoms with Gasteiger partial charge in [-0.2, -0.15) is 0 Å². The number of hydrogen-bond donors (Lipinski definition) is 1. The molecule has 0 aromatic carbocycles. The van der Waals surface area contributed by atoms with Gasteiger partial charge < -0.3 is 0 Å².